The highest BCUT2D eigenvalue weighted by Crippen LogP contribution is 2.23. The molecule has 0 saturated heterocycles. The smallest absolute Gasteiger partial charge is 0.253 e. The van der Waals surface area contributed by atoms with Gasteiger partial charge in [0.05, 0.1) is 0 Å². The van der Waals surface area contributed by atoms with E-state index in [-0.39, 0.29) is 11.6 Å². The zero-order chi connectivity index (χ0) is 14.8. The van der Waals surface area contributed by atoms with Gasteiger partial charge in [0.1, 0.15) is 0 Å². The Morgan fingerprint density at radius 3 is 2.67 bits per heavy atom. The SMILES string of the molecule is Cc1cccn(CC(N)c2cccc3ccccc23)c1=O. The van der Waals surface area contributed by atoms with E-state index < -0.39 is 0 Å². The van der Waals surface area contributed by atoms with E-state index in [2.05, 4.69) is 18.2 Å². The molecule has 0 aliphatic heterocycles. The fourth-order valence-electron chi connectivity index (χ4n) is 2.68. The van der Waals surface area contributed by atoms with Crippen LogP contribution in [0.2, 0.25) is 0 Å². The molecule has 3 aromatic rings. The molecule has 0 fully saturated rings. The average Bonchev–Trinajstić information content (AvgIpc) is 2.51. The van der Waals surface area contributed by atoms with Crippen molar-refractivity contribution in [2.45, 2.75) is 19.5 Å². The lowest BCUT2D eigenvalue weighted by molar-refractivity contribution is 0.562. The third-order valence-corrected chi connectivity index (χ3v) is 3.83. The monoisotopic (exact) mass is 278 g/mol. The van der Waals surface area contributed by atoms with Crippen LogP contribution in [0, 0.1) is 6.92 Å². The molecular weight excluding hydrogens is 260 g/mol. The zero-order valence-corrected chi connectivity index (χ0v) is 12.0. The van der Waals surface area contributed by atoms with Gasteiger partial charge in [0.25, 0.3) is 5.56 Å². The van der Waals surface area contributed by atoms with Crippen LogP contribution in [0.1, 0.15) is 17.2 Å². The first kappa shape index (κ1) is 13.6. The maximum absolute atomic E-state index is 12.1. The Morgan fingerprint density at radius 2 is 1.81 bits per heavy atom. The van der Waals surface area contributed by atoms with Crippen molar-refractivity contribution in [2.75, 3.05) is 0 Å². The van der Waals surface area contributed by atoms with Gasteiger partial charge < -0.3 is 10.3 Å². The highest BCUT2D eigenvalue weighted by atomic mass is 16.1. The van der Waals surface area contributed by atoms with Crippen LogP contribution in [0.3, 0.4) is 0 Å². The summed E-state index contributed by atoms with van der Waals surface area (Å²) >= 11 is 0. The Bertz CT molecular complexity index is 830. The normalized spacial score (nSPS) is 12.5. The van der Waals surface area contributed by atoms with E-state index in [9.17, 15) is 4.79 Å². The third kappa shape index (κ3) is 2.60. The first-order chi connectivity index (χ1) is 10.2. The van der Waals surface area contributed by atoms with Crippen LogP contribution < -0.4 is 11.3 Å². The number of nitrogens with zero attached hydrogens (tertiary/aromatic N) is 1. The van der Waals surface area contributed by atoms with Crippen molar-refractivity contribution in [1.82, 2.24) is 4.57 Å². The lowest BCUT2D eigenvalue weighted by Crippen LogP contribution is -2.27. The second kappa shape index (κ2) is 5.54. The summed E-state index contributed by atoms with van der Waals surface area (Å²) in [5, 5.41) is 2.32. The molecule has 0 radical (unpaired) electrons. The Morgan fingerprint density at radius 1 is 1.05 bits per heavy atom. The highest BCUT2D eigenvalue weighted by molar-refractivity contribution is 5.86. The molecule has 2 aromatic carbocycles. The van der Waals surface area contributed by atoms with E-state index in [1.54, 1.807) is 10.8 Å². The maximum atomic E-state index is 12.1. The van der Waals surface area contributed by atoms with Gasteiger partial charge in [0.15, 0.2) is 0 Å². The molecule has 0 aliphatic rings. The zero-order valence-electron chi connectivity index (χ0n) is 12.0. The fourth-order valence-corrected chi connectivity index (χ4v) is 2.68. The summed E-state index contributed by atoms with van der Waals surface area (Å²) in [6.45, 7) is 2.30. The van der Waals surface area contributed by atoms with Crippen molar-refractivity contribution < 1.29 is 0 Å². The van der Waals surface area contributed by atoms with Crippen molar-refractivity contribution in [2.24, 2.45) is 5.73 Å². The van der Waals surface area contributed by atoms with Crippen LogP contribution in [0.5, 0.6) is 0 Å². The molecule has 1 heterocycles. The first-order valence-electron chi connectivity index (χ1n) is 7.06. The van der Waals surface area contributed by atoms with Gasteiger partial charge in [-0.3, -0.25) is 4.79 Å². The summed E-state index contributed by atoms with van der Waals surface area (Å²) < 4.78 is 1.68. The van der Waals surface area contributed by atoms with E-state index in [0.717, 1.165) is 16.5 Å². The number of pyridine rings is 1. The largest absolute Gasteiger partial charge is 0.322 e. The van der Waals surface area contributed by atoms with Gasteiger partial charge in [-0.15, -0.1) is 0 Å². The summed E-state index contributed by atoms with van der Waals surface area (Å²) in [6, 6.07) is 17.8. The van der Waals surface area contributed by atoms with Gasteiger partial charge in [-0.05, 0) is 29.3 Å². The Kier molecular flexibility index (Phi) is 3.59. The van der Waals surface area contributed by atoms with E-state index in [1.807, 2.05) is 43.3 Å². The molecule has 1 atom stereocenters. The van der Waals surface area contributed by atoms with E-state index in [0.29, 0.717) is 6.54 Å². The molecular formula is C18H18N2O. The van der Waals surface area contributed by atoms with Gasteiger partial charge >= 0.3 is 0 Å². The standard InChI is InChI=1S/C18H18N2O/c1-13-6-5-11-20(18(13)21)12-17(19)16-10-4-8-14-7-2-3-9-15(14)16/h2-11,17H,12,19H2,1H3. The van der Waals surface area contributed by atoms with Crippen molar-refractivity contribution in [3.63, 3.8) is 0 Å². The second-order valence-corrected chi connectivity index (χ2v) is 5.32. The van der Waals surface area contributed by atoms with Crippen LogP contribution in [0.15, 0.2) is 65.6 Å². The third-order valence-electron chi connectivity index (χ3n) is 3.83. The molecule has 21 heavy (non-hydrogen) atoms. The van der Waals surface area contributed by atoms with Crippen molar-refractivity contribution in [1.29, 1.82) is 0 Å². The number of fused-ring (bicyclic) bond motifs is 1. The summed E-state index contributed by atoms with van der Waals surface area (Å²) in [7, 11) is 0. The molecule has 0 aliphatic carbocycles. The van der Waals surface area contributed by atoms with Crippen molar-refractivity contribution in [3.8, 4) is 0 Å². The van der Waals surface area contributed by atoms with Crippen LogP contribution in [0.4, 0.5) is 0 Å². The van der Waals surface area contributed by atoms with Gasteiger partial charge in [-0.25, -0.2) is 0 Å². The minimum absolute atomic E-state index is 0.0215. The molecule has 3 rings (SSSR count). The molecule has 1 unspecified atom stereocenters. The topological polar surface area (TPSA) is 48.0 Å². The Labute approximate surface area is 123 Å². The number of aromatic nitrogens is 1. The van der Waals surface area contributed by atoms with Gasteiger partial charge in [-0.2, -0.15) is 0 Å². The first-order valence-corrected chi connectivity index (χ1v) is 7.06. The van der Waals surface area contributed by atoms with Gasteiger partial charge in [0.2, 0.25) is 0 Å². The minimum Gasteiger partial charge on any atom is -0.322 e. The Hall–Kier alpha value is -2.39. The van der Waals surface area contributed by atoms with Crippen molar-refractivity contribution in [3.05, 3.63) is 82.3 Å². The maximum Gasteiger partial charge on any atom is 0.253 e. The lowest BCUT2D eigenvalue weighted by Gasteiger charge is -2.16. The van der Waals surface area contributed by atoms with E-state index >= 15 is 0 Å². The van der Waals surface area contributed by atoms with E-state index in [4.69, 9.17) is 5.73 Å². The summed E-state index contributed by atoms with van der Waals surface area (Å²) in [4.78, 5) is 12.1. The number of hydrogen-bond acceptors (Lipinski definition) is 2. The summed E-state index contributed by atoms with van der Waals surface area (Å²) in [5.74, 6) is 0. The highest BCUT2D eigenvalue weighted by Gasteiger charge is 2.11. The van der Waals surface area contributed by atoms with Crippen LogP contribution >= 0.6 is 0 Å². The van der Waals surface area contributed by atoms with Gasteiger partial charge in [-0.1, -0.05) is 48.5 Å². The molecule has 1 aromatic heterocycles. The average molecular weight is 278 g/mol. The number of benzene rings is 2. The quantitative estimate of drug-likeness (QED) is 0.800. The van der Waals surface area contributed by atoms with Crippen LogP contribution in [0.25, 0.3) is 10.8 Å². The molecule has 3 heteroatoms. The number of rotatable bonds is 3. The Balaban J connectivity index is 1.99. The van der Waals surface area contributed by atoms with Crippen LogP contribution in [-0.2, 0) is 6.54 Å². The fraction of sp³-hybridized carbons (Fsp3) is 0.167. The summed E-state index contributed by atoms with van der Waals surface area (Å²) in [5.41, 5.74) is 8.18. The second-order valence-electron chi connectivity index (χ2n) is 5.32. The lowest BCUT2D eigenvalue weighted by atomic mass is 9.99. The van der Waals surface area contributed by atoms with Gasteiger partial charge in [0, 0.05) is 24.3 Å². The molecule has 106 valence electrons. The molecule has 0 amide bonds. The number of nitrogens with two attached hydrogens (primary N) is 1. The molecule has 3 nitrogen and oxygen atoms in total. The van der Waals surface area contributed by atoms with E-state index in [1.165, 1.54) is 5.39 Å². The van der Waals surface area contributed by atoms with Crippen LogP contribution in [-0.4, -0.2) is 4.57 Å². The molecule has 0 bridgehead atoms. The predicted molar refractivity (Wildman–Crippen MR) is 86.3 cm³/mol. The van der Waals surface area contributed by atoms with Crippen molar-refractivity contribution >= 4 is 10.8 Å². The summed E-state index contributed by atoms with van der Waals surface area (Å²) in [6.07, 6.45) is 1.79. The molecule has 0 spiro atoms. The molecule has 0 saturated carbocycles. The predicted octanol–water partition coefficient (Wildman–Crippen LogP) is 3.01. The number of hydrogen-bond donors (Lipinski definition) is 1. The number of aryl methyl sites for hydroxylation is 1. The molecule has 2 N–H and O–H groups in total. The minimum atomic E-state index is -0.212.